The van der Waals surface area contributed by atoms with E-state index < -0.39 is 17.7 Å². The van der Waals surface area contributed by atoms with Crippen molar-refractivity contribution in [2.75, 3.05) is 26.7 Å². The lowest BCUT2D eigenvalue weighted by Gasteiger charge is -2.25. The Morgan fingerprint density at radius 3 is 2.95 bits per heavy atom. The molecule has 1 aromatic carbocycles. The molecule has 0 bridgehead atoms. The Kier molecular flexibility index (Phi) is 5.85. The van der Waals surface area contributed by atoms with E-state index in [2.05, 4.69) is 5.32 Å². The molecule has 1 aromatic rings. The van der Waals surface area contributed by atoms with Gasteiger partial charge in [-0.2, -0.15) is 0 Å². The SMILES string of the molecule is CC(c1cc(F)ccc1F)N(C)CC(=O)NCC1CCCO1. The fraction of sp³-hybridized carbons (Fsp3) is 0.562. The quantitative estimate of drug-likeness (QED) is 0.876. The number of nitrogens with zero attached hydrogens (tertiary/aromatic N) is 1. The third-order valence-electron chi connectivity index (χ3n) is 4.01. The number of carbonyl (C=O) groups is 1. The van der Waals surface area contributed by atoms with Crippen LogP contribution in [0.1, 0.15) is 31.4 Å². The lowest BCUT2D eigenvalue weighted by Crippen LogP contribution is -2.39. The van der Waals surface area contributed by atoms with Crippen LogP contribution in [0, 0.1) is 11.6 Å². The van der Waals surface area contributed by atoms with Crippen LogP contribution in [0.2, 0.25) is 0 Å². The summed E-state index contributed by atoms with van der Waals surface area (Å²) in [5.74, 6) is -1.11. The Morgan fingerprint density at radius 2 is 2.27 bits per heavy atom. The van der Waals surface area contributed by atoms with Crippen LogP contribution in [-0.4, -0.2) is 43.7 Å². The highest BCUT2D eigenvalue weighted by atomic mass is 19.1. The van der Waals surface area contributed by atoms with Gasteiger partial charge in [0.15, 0.2) is 0 Å². The topological polar surface area (TPSA) is 41.6 Å². The zero-order valence-electron chi connectivity index (χ0n) is 12.9. The minimum Gasteiger partial charge on any atom is -0.376 e. The van der Waals surface area contributed by atoms with Crippen molar-refractivity contribution < 1.29 is 18.3 Å². The van der Waals surface area contributed by atoms with E-state index in [0.29, 0.717) is 6.54 Å². The Morgan fingerprint density at radius 1 is 1.50 bits per heavy atom. The number of nitrogens with one attached hydrogen (secondary N) is 1. The van der Waals surface area contributed by atoms with Gasteiger partial charge in [-0.05, 0) is 45.0 Å². The van der Waals surface area contributed by atoms with Gasteiger partial charge in [-0.15, -0.1) is 0 Å². The summed E-state index contributed by atoms with van der Waals surface area (Å²) in [4.78, 5) is 13.6. The van der Waals surface area contributed by atoms with Gasteiger partial charge >= 0.3 is 0 Å². The highest BCUT2D eigenvalue weighted by Crippen LogP contribution is 2.22. The van der Waals surface area contributed by atoms with Crippen LogP contribution in [0.15, 0.2) is 18.2 Å². The Hall–Kier alpha value is -1.53. The molecule has 1 amide bonds. The number of likely N-dealkylation sites (N-methyl/N-ethyl adjacent to an activating group) is 1. The van der Waals surface area contributed by atoms with Crippen LogP contribution >= 0.6 is 0 Å². The highest BCUT2D eigenvalue weighted by Gasteiger charge is 2.20. The summed E-state index contributed by atoms with van der Waals surface area (Å²) >= 11 is 0. The van der Waals surface area contributed by atoms with Crippen molar-refractivity contribution in [3.8, 4) is 0 Å². The number of amides is 1. The molecular weight excluding hydrogens is 290 g/mol. The normalized spacial score (nSPS) is 19.4. The molecule has 0 aromatic heterocycles. The second-order valence-electron chi connectivity index (χ2n) is 5.70. The van der Waals surface area contributed by atoms with E-state index in [1.807, 2.05) is 0 Å². The van der Waals surface area contributed by atoms with Gasteiger partial charge in [0.2, 0.25) is 5.91 Å². The molecule has 0 spiro atoms. The van der Waals surface area contributed by atoms with Crippen LogP contribution in [0.3, 0.4) is 0 Å². The molecule has 1 heterocycles. The summed E-state index contributed by atoms with van der Waals surface area (Å²) in [5, 5.41) is 2.81. The molecule has 2 rings (SSSR count). The van der Waals surface area contributed by atoms with E-state index in [1.54, 1.807) is 18.9 Å². The first-order valence-electron chi connectivity index (χ1n) is 7.51. The van der Waals surface area contributed by atoms with Gasteiger partial charge in [-0.3, -0.25) is 9.69 Å². The predicted molar refractivity (Wildman–Crippen MR) is 79.4 cm³/mol. The standard InChI is InChI=1S/C16H22F2N2O2/c1-11(14-8-12(17)5-6-15(14)18)20(2)10-16(21)19-9-13-4-3-7-22-13/h5-6,8,11,13H,3-4,7,9-10H2,1-2H3,(H,19,21). The van der Waals surface area contributed by atoms with Gasteiger partial charge in [0.05, 0.1) is 12.6 Å². The molecule has 0 aliphatic carbocycles. The number of benzene rings is 1. The zero-order chi connectivity index (χ0) is 16.1. The van der Waals surface area contributed by atoms with Crippen LogP contribution in [-0.2, 0) is 9.53 Å². The second kappa shape index (κ2) is 7.65. The first-order valence-corrected chi connectivity index (χ1v) is 7.51. The van der Waals surface area contributed by atoms with Crippen molar-refractivity contribution in [1.82, 2.24) is 10.2 Å². The lowest BCUT2D eigenvalue weighted by molar-refractivity contribution is -0.122. The molecule has 0 saturated carbocycles. The zero-order valence-corrected chi connectivity index (χ0v) is 12.9. The highest BCUT2D eigenvalue weighted by molar-refractivity contribution is 5.78. The van der Waals surface area contributed by atoms with E-state index in [0.717, 1.165) is 31.6 Å². The third-order valence-corrected chi connectivity index (χ3v) is 4.01. The average Bonchev–Trinajstić information content (AvgIpc) is 3.00. The molecule has 4 nitrogen and oxygen atoms in total. The van der Waals surface area contributed by atoms with Crippen LogP contribution in [0.5, 0.6) is 0 Å². The fourth-order valence-electron chi connectivity index (χ4n) is 2.52. The van der Waals surface area contributed by atoms with E-state index >= 15 is 0 Å². The van der Waals surface area contributed by atoms with Crippen LogP contribution < -0.4 is 5.32 Å². The molecule has 122 valence electrons. The summed E-state index contributed by atoms with van der Waals surface area (Å²) in [6, 6.07) is 2.96. The summed E-state index contributed by atoms with van der Waals surface area (Å²) < 4.78 is 32.4. The molecule has 0 radical (unpaired) electrons. The molecule has 2 atom stereocenters. The molecule has 2 unspecified atom stereocenters. The van der Waals surface area contributed by atoms with Crippen molar-refractivity contribution in [1.29, 1.82) is 0 Å². The molecule has 1 saturated heterocycles. The van der Waals surface area contributed by atoms with Gasteiger partial charge in [0.25, 0.3) is 0 Å². The summed E-state index contributed by atoms with van der Waals surface area (Å²) in [5.41, 5.74) is 0.245. The van der Waals surface area contributed by atoms with Crippen LogP contribution in [0.25, 0.3) is 0 Å². The molecule has 1 aliphatic rings. The maximum absolute atomic E-state index is 13.8. The summed E-state index contributed by atoms with van der Waals surface area (Å²) in [6.45, 7) is 3.10. The lowest BCUT2D eigenvalue weighted by atomic mass is 10.1. The molecule has 6 heteroatoms. The third kappa shape index (κ3) is 4.48. The average molecular weight is 312 g/mol. The summed E-state index contributed by atoms with van der Waals surface area (Å²) in [6.07, 6.45) is 2.07. The van der Waals surface area contributed by atoms with Gasteiger partial charge in [-0.25, -0.2) is 8.78 Å². The van der Waals surface area contributed by atoms with E-state index in [9.17, 15) is 13.6 Å². The minimum atomic E-state index is -0.487. The monoisotopic (exact) mass is 312 g/mol. The van der Waals surface area contributed by atoms with E-state index in [1.165, 1.54) is 6.07 Å². The van der Waals surface area contributed by atoms with Gasteiger partial charge in [0, 0.05) is 24.8 Å². The van der Waals surface area contributed by atoms with E-state index in [-0.39, 0.29) is 24.1 Å². The van der Waals surface area contributed by atoms with Crippen molar-refractivity contribution in [2.24, 2.45) is 0 Å². The van der Waals surface area contributed by atoms with Crippen molar-refractivity contribution in [2.45, 2.75) is 31.9 Å². The largest absolute Gasteiger partial charge is 0.376 e. The predicted octanol–water partition coefficient (Wildman–Crippen LogP) is 2.25. The Bertz CT molecular complexity index is 519. The van der Waals surface area contributed by atoms with Gasteiger partial charge in [0.1, 0.15) is 11.6 Å². The maximum atomic E-state index is 13.8. The number of carbonyl (C=O) groups excluding carboxylic acids is 1. The number of hydrogen-bond acceptors (Lipinski definition) is 3. The van der Waals surface area contributed by atoms with Gasteiger partial charge < -0.3 is 10.1 Å². The number of rotatable bonds is 6. The van der Waals surface area contributed by atoms with Crippen molar-refractivity contribution >= 4 is 5.91 Å². The first kappa shape index (κ1) is 16.8. The number of ether oxygens (including phenoxy) is 1. The molecule has 1 fully saturated rings. The molecule has 22 heavy (non-hydrogen) atoms. The second-order valence-corrected chi connectivity index (χ2v) is 5.70. The number of hydrogen-bond donors (Lipinski definition) is 1. The number of halogens is 2. The molecule has 1 N–H and O–H groups in total. The Balaban J connectivity index is 1.85. The summed E-state index contributed by atoms with van der Waals surface area (Å²) in [7, 11) is 1.71. The minimum absolute atomic E-state index is 0.0901. The smallest absolute Gasteiger partial charge is 0.234 e. The first-order chi connectivity index (χ1) is 10.5. The van der Waals surface area contributed by atoms with E-state index in [4.69, 9.17) is 4.74 Å². The van der Waals surface area contributed by atoms with Crippen molar-refractivity contribution in [3.05, 3.63) is 35.4 Å². The Labute approximate surface area is 129 Å². The maximum Gasteiger partial charge on any atom is 0.234 e. The molecular formula is C16H22F2N2O2. The van der Waals surface area contributed by atoms with Crippen molar-refractivity contribution in [3.63, 3.8) is 0 Å². The van der Waals surface area contributed by atoms with Crippen LogP contribution in [0.4, 0.5) is 8.78 Å². The fourth-order valence-corrected chi connectivity index (χ4v) is 2.52. The molecule has 1 aliphatic heterocycles. The van der Waals surface area contributed by atoms with Gasteiger partial charge in [-0.1, -0.05) is 0 Å².